The molecule has 7 heteroatoms. The molecule has 0 saturated heterocycles. The Labute approximate surface area is 119 Å². The van der Waals surface area contributed by atoms with Crippen molar-refractivity contribution in [2.45, 2.75) is 6.54 Å². The monoisotopic (exact) mass is 294 g/mol. The summed E-state index contributed by atoms with van der Waals surface area (Å²) in [5.41, 5.74) is 6.62. The predicted octanol–water partition coefficient (Wildman–Crippen LogP) is 3.11. The Kier molecular flexibility index (Phi) is 4.22. The van der Waals surface area contributed by atoms with Crippen molar-refractivity contribution in [2.75, 3.05) is 5.73 Å². The second-order valence-electron chi connectivity index (χ2n) is 4.20. The van der Waals surface area contributed by atoms with Crippen LogP contribution in [-0.4, -0.2) is 11.2 Å². The van der Waals surface area contributed by atoms with Gasteiger partial charge in [0.1, 0.15) is 11.5 Å². The number of hydrogen-bond acceptors (Lipinski definition) is 3. The minimum Gasteiger partial charge on any atom is -0.465 e. The highest BCUT2D eigenvalue weighted by atomic mass is 19.2. The molecule has 0 aromatic heterocycles. The molecule has 0 saturated carbocycles. The van der Waals surface area contributed by atoms with Gasteiger partial charge in [0, 0.05) is 18.3 Å². The quantitative estimate of drug-likeness (QED) is 0.756. The molecule has 0 radical (unpaired) electrons. The van der Waals surface area contributed by atoms with E-state index in [1.807, 2.05) is 0 Å². The summed E-state index contributed by atoms with van der Waals surface area (Å²) in [6.07, 6.45) is -1.18. The fourth-order valence-electron chi connectivity index (χ4n) is 1.65. The third-order valence-corrected chi connectivity index (χ3v) is 2.67. The molecule has 110 valence electrons. The number of anilines is 1. The molecule has 0 aliphatic carbocycles. The molecule has 0 unspecified atom stereocenters. The molecule has 0 atom stereocenters. The summed E-state index contributed by atoms with van der Waals surface area (Å²) in [5, 5.41) is 10.7. The molecule has 2 aromatic rings. The first-order valence-electron chi connectivity index (χ1n) is 5.94. The van der Waals surface area contributed by atoms with Crippen molar-refractivity contribution in [1.82, 2.24) is 5.32 Å². The highest BCUT2D eigenvalue weighted by molar-refractivity contribution is 5.65. The molecule has 0 aliphatic heterocycles. The fraction of sp³-hybridized carbons (Fsp3) is 0.0714. The van der Waals surface area contributed by atoms with Gasteiger partial charge in [0.15, 0.2) is 11.6 Å². The summed E-state index contributed by atoms with van der Waals surface area (Å²) >= 11 is 0. The number of amides is 1. The molecular formula is C14H12F2N2O3. The van der Waals surface area contributed by atoms with Crippen molar-refractivity contribution in [2.24, 2.45) is 0 Å². The maximum atomic E-state index is 13.1. The van der Waals surface area contributed by atoms with Gasteiger partial charge in [-0.25, -0.2) is 13.6 Å². The number of ether oxygens (including phenoxy) is 1. The van der Waals surface area contributed by atoms with Gasteiger partial charge in [-0.3, -0.25) is 0 Å². The number of nitrogens with one attached hydrogen (secondary N) is 1. The third kappa shape index (κ3) is 3.82. The summed E-state index contributed by atoms with van der Waals surface area (Å²) < 4.78 is 31.3. The zero-order valence-electron chi connectivity index (χ0n) is 10.8. The second-order valence-corrected chi connectivity index (χ2v) is 4.20. The smallest absolute Gasteiger partial charge is 0.404 e. The maximum absolute atomic E-state index is 13.1. The molecule has 0 aliphatic rings. The van der Waals surface area contributed by atoms with Gasteiger partial charge in [0.25, 0.3) is 0 Å². The van der Waals surface area contributed by atoms with Crippen LogP contribution in [0, 0.1) is 11.6 Å². The van der Waals surface area contributed by atoms with E-state index in [1.54, 1.807) is 6.07 Å². The molecule has 2 rings (SSSR count). The third-order valence-electron chi connectivity index (χ3n) is 2.67. The van der Waals surface area contributed by atoms with Crippen LogP contribution in [0.15, 0.2) is 36.4 Å². The van der Waals surface area contributed by atoms with Crippen LogP contribution in [0.2, 0.25) is 0 Å². The van der Waals surface area contributed by atoms with Gasteiger partial charge in [-0.05, 0) is 35.9 Å². The van der Waals surface area contributed by atoms with E-state index in [9.17, 15) is 13.6 Å². The van der Waals surface area contributed by atoms with Crippen LogP contribution < -0.4 is 15.8 Å². The number of halogens is 2. The minimum atomic E-state index is -1.18. The molecule has 0 spiro atoms. The highest BCUT2D eigenvalue weighted by Crippen LogP contribution is 2.26. The van der Waals surface area contributed by atoms with Gasteiger partial charge in [-0.15, -0.1) is 0 Å². The number of carbonyl (C=O) groups is 1. The van der Waals surface area contributed by atoms with Crippen molar-refractivity contribution in [3.8, 4) is 11.5 Å². The van der Waals surface area contributed by atoms with E-state index in [2.05, 4.69) is 5.32 Å². The highest BCUT2D eigenvalue weighted by Gasteiger charge is 2.07. The second kappa shape index (κ2) is 6.08. The summed E-state index contributed by atoms with van der Waals surface area (Å²) in [7, 11) is 0. The van der Waals surface area contributed by atoms with E-state index in [1.165, 1.54) is 18.2 Å². The van der Waals surface area contributed by atoms with Crippen molar-refractivity contribution < 1.29 is 23.4 Å². The van der Waals surface area contributed by atoms with Crippen molar-refractivity contribution >= 4 is 11.8 Å². The Morgan fingerprint density at radius 3 is 2.48 bits per heavy atom. The number of hydrogen-bond donors (Lipinski definition) is 3. The number of rotatable bonds is 4. The molecule has 0 fully saturated rings. The Morgan fingerprint density at radius 1 is 1.14 bits per heavy atom. The van der Waals surface area contributed by atoms with Gasteiger partial charge in [-0.1, -0.05) is 0 Å². The van der Waals surface area contributed by atoms with E-state index in [0.29, 0.717) is 17.0 Å². The molecule has 1 amide bonds. The lowest BCUT2D eigenvalue weighted by molar-refractivity contribution is 0.194. The van der Waals surface area contributed by atoms with Crippen molar-refractivity contribution in [3.63, 3.8) is 0 Å². The standard InChI is InChI=1S/C14H12F2N2O3/c15-11-3-1-10(6-12(11)16)21-9-2-4-13(17)8(5-9)7-18-14(19)20/h1-6,18H,7,17H2,(H,19,20). The van der Waals surface area contributed by atoms with Crippen LogP contribution in [0.5, 0.6) is 11.5 Å². The van der Waals surface area contributed by atoms with E-state index >= 15 is 0 Å². The van der Waals surface area contributed by atoms with Gasteiger partial charge in [-0.2, -0.15) is 0 Å². The van der Waals surface area contributed by atoms with Crippen LogP contribution in [0.25, 0.3) is 0 Å². The van der Waals surface area contributed by atoms with Gasteiger partial charge in [0.05, 0.1) is 0 Å². The lowest BCUT2D eigenvalue weighted by Gasteiger charge is -2.10. The van der Waals surface area contributed by atoms with E-state index in [-0.39, 0.29) is 12.3 Å². The summed E-state index contributed by atoms with van der Waals surface area (Å²) in [5.74, 6) is -1.53. The first-order valence-corrected chi connectivity index (χ1v) is 5.94. The zero-order valence-corrected chi connectivity index (χ0v) is 10.8. The molecule has 2 aromatic carbocycles. The number of nitrogens with two attached hydrogens (primary N) is 1. The first-order chi connectivity index (χ1) is 9.95. The van der Waals surface area contributed by atoms with Crippen LogP contribution in [0.3, 0.4) is 0 Å². The lowest BCUT2D eigenvalue weighted by atomic mass is 10.1. The topological polar surface area (TPSA) is 84.6 Å². The maximum Gasteiger partial charge on any atom is 0.404 e. The Hall–Kier alpha value is -2.83. The minimum absolute atomic E-state index is 0.0101. The Bertz CT molecular complexity index is 677. The predicted molar refractivity (Wildman–Crippen MR) is 72.2 cm³/mol. The first kappa shape index (κ1) is 14.6. The van der Waals surface area contributed by atoms with Crippen molar-refractivity contribution in [1.29, 1.82) is 0 Å². The van der Waals surface area contributed by atoms with E-state index < -0.39 is 17.7 Å². The average molecular weight is 294 g/mol. The number of nitrogen functional groups attached to an aromatic ring is 1. The average Bonchev–Trinajstić information content (AvgIpc) is 2.43. The largest absolute Gasteiger partial charge is 0.465 e. The molecular weight excluding hydrogens is 282 g/mol. The molecule has 0 bridgehead atoms. The van der Waals surface area contributed by atoms with Crippen LogP contribution in [0.1, 0.15) is 5.56 Å². The summed E-state index contributed by atoms with van der Waals surface area (Å²) in [6, 6.07) is 7.75. The lowest BCUT2D eigenvalue weighted by Crippen LogP contribution is -2.20. The van der Waals surface area contributed by atoms with Crippen molar-refractivity contribution in [3.05, 3.63) is 53.6 Å². The molecule has 5 nitrogen and oxygen atoms in total. The fourth-order valence-corrected chi connectivity index (χ4v) is 1.65. The molecule has 21 heavy (non-hydrogen) atoms. The van der Waals surface area contributed by atoms with Gasteiger partial charge >= 0.3 is 6.09 Å². The van der Waals surface area contributed by atoms with E-state index in [0.717, 1.165) is 12.1 Å². The van der Waals surface area contributed by atoms with E-state index in [4.69, 9.17) is 15.6 Å². The normalized spacial score (nSPS) is 10.2. The summed E-state index contributed by atoms with van der Waals surface area (Å²) in [6.45, 7) is 0.0101. The molecule has 4 N–H and O–H groups in total. The SMILES string of the molecule is Nc1ccc(Oc2ccc(F)c(F)c2)cc1CNC(=O)O. The number of carboxylic acid groups (broad SMARTS) is 1. The van der Waals surface area contributed by atoms with Gasteiger partial charge < -0.3 is 20.9 Å². The van der Waals surface area contributed by atoms with Crippen LogP contribution in [-0.2, 0) is 6.54 Å². The number of benzene rings is 2. The van der Waals surface area contributed by atoms with Crippen LogP contribution in [0.4, 0.5) is 19.3 Å². The Balaban J connectivity index is 2.18. The summed E-state index contributed by atoms with van der Waals surface area (Å²) in [4.78, 5) is 10.5. The van der Waals surface area contributed by atoms with Gasteiger partial charge in [0.2, 0.25) is 0 Å². The Morgan fingerprint density at radius 2 is 1.81 bits per heavy atom. The molecule has 0 heterocycles. The van der Waals surface area contributed by atoms with Crippen LogP contribution >= 0.6 is 0 Å². The zero-order chi connectivity index (χ0) is 15.4.